The molecule has 2 heterocycles. The fraction of sp³-hybridized carbons (Fsp3) is 0.389. The Bertz CT molecular complexity index is 698. The average Bonchev–Trinajstić information content (AvgIpc) is 3.26. The highest BCUT2D eigenvalue weighted by atomic mass is 32.1. The van der Waals surface area contributed by atoms with E-state index in [0.29, 0.717) is 13.1 Å². The average molecular weight is 364 g/mol. The van der Waals surface area contributed by atoms with Gasteiger partial charge >= 0.3 is 0 Å². The third-order valence-electron chi connectivity index (χ3n) is 4.29. The van der Waals surface area contributed by atoms with Gasteiger partial charge in [0.25, 0.3) is 0 Å². The number of nitrogens with one attached hydrogen (secondary N) is 2. The third-order valence-corrected chi connectivity index (χ3v) is 5.02. The first-order valence-corrected chi connectivity index (χ1v) is 9.29. The molecule has 2 aromatic rings. The molecule has 1 aromatic heterocycles. The van der Waals surface area contributed by atoms with Crippen LogP contribution in [0.25, 0.3) is 0 Å². The van der Waals surface area contributed by atoms with E-state index in [-0.39, 0.29) is 11.7 Å². The van der Waals surface area contributed by atoms with Gasteiger partial charge in [-0.1, -0.05) is 6.07 Å². The Kier molecular flexibility index (Phi) is 5.86. The summed E-state index contributed by atoms with van der Waals surface area (Å²) >= 11 is 1.69. The van der Waals surface area contributed by atoms with Crippen LogP contribution in [0.15, 0.2) is 40.0 Å². The van der Waals surface area contributed by atoms with E-state index >= 15 is 0 Å². The molecule has 0 bridgehead atoms. The van der Waals surface area contributed by atoms with E-state index < -0.39 is 11.6 Å². The third kappa shape index (κ3) is 4.48. The van der Waals surface area contributed by atoms with Crippen molar-refractivity contribution < 1.29 is 8.78 Å². The topological polar surface area (TPSA) is 39.7 Å². The monoisotopic (exact) mass is 364 g/mol. The molecule has 1 aromatic carbocycles. The van der Waals surface area contributed by atoms with Crippen LogP contribution in [0.1, 0.15) is 12.0 Å². The number of para-hydroxylation sites is 1. The molecule has 1 aliphatic heterocycles. The second kappa shape index (κ2) is 8.29. The molecule has 134 valence electrons. The van der Waals surface area contributed by atoms with Crippen LogP contribution >= 0.6 is 11.3 Å². The molecule has 0 amide bonds. The molecule has 1 aliphatic rings. The lowest BCUT2D eigenvalue weighted by Gasteiger charge is -2.21. The zero-order valence-electron chi connectivity index (χ0n) is 14.1. The molecule has 4 nitrogen and oxygen atoms in total. The lowest BCUT2D eigenvalue weighted by Crippen LogP contribution is -2.45. The van der Waals surface area contributed by atoms with Crippen molar-refractivity contribution in [1.29, 1.82) is 0 Å². The van der Waals surface area contributed by atoms with Gasteiger partial charge in [0.15, 0.2) is 5.96 Å². The predicted molar refractivity (Wildman–Crippen MR) is 99.5 cm³/mol. The minimum absolute atomic E-state index is 0.0622. The summed E-state index contributed by atoms with van der Waals surface area (Å²) in [5, 5.41) is 10.8. The Morgan fingerprint density at radius 3 is 2.80 bits per heavy atom. The standard InChI is InChI=1S/C18H22F2N4S/c1-21-18(22-8-5-13-7-10-25-12-13)23-14-6-9-24(11-14)17-15(19)3-2-4-16(17)20/h2-4,7,10,12,14H,5-6,8-9,11H2,1H3,(H2,21,22,23). The molecule has 25 heavy (non-hydrogen) atoms. The first kappa shape index (κ1) is 17.7. The van der Waals surface area contributed by atoms with Crippen LogP contribution in [0.5, 0.6) is 0 Å². The van der Waals surface area contributed by atoms with E-state index in [0.717, 1.165) is 25.3 Å². The van der Waals surface area contributed by atoms with Crippen molar-refractivity contribution in [3.05, 3.63) is 52.2 Å². The molecule has 1 saturated heterocycles. The maximum atomic E-state index is 13.9. The Morgan fingerprint density at radius 2 is 2.12 bits per heavy atom. The van der Waals surface area contributed by atoms with Crippen molar-refractivity contribution in [2.45, 2.75) is 18.9 Å². The summed E-state index contributed by atoms with van der Waals surface area (Å²) in [6, 6.07) is 6.19. The molecule has 0 saturated carbocycles. The lowest BCUT2D eigenvalue weighted by atomic mass is 10.2. The van der Waals surface area contributed by atoms with Crippen LogP contribution in [-0.4, -0.2) is 38.7 Å². The van der Waals surface area contributed by atoms with E-state index in [1.807, 2.05) is 0 Å². The molecule has 0 aliphatic carbocycles. The second-order valence-electron chi connectivity index (χ2n) is 6.03. The number of rotatable bonds is 5. The van der Waals surface area contributed by atoms with E-state index in [1.54, 1.807) is 23.3 Å². The highest BCUT2D eigenvalue weighted by Crippen LogP contribution is 2.26. The summed E-state index contributed by atoms with van der Waals surface area (Å²) in [6.45, 7) is 1.94. The summed E-state index contributed by atoms with van der Waals surface area (Å²) in [7, 11) is 1.73. The minimum atomic E-state index is -0.515. The van der Waals surface area contributed by atoms with E-state index in [4.69, 9.17) is 0 Å². The van der Waals surface area contributed by atoms with Gasteiger partial charge in [-0.05, 0) is 47.4 Å². The van der Waals surface area contributed by atoms with E-state index in [2.05, 4.69) is 32.5 Å². The number of guanidine groups is 1. The quantitative estimate of drug-likeness (QED) is 0.633. The number of hydrogen-bond acceptors (Lipinski definition) is 3. The number of thiophene rings is 1. The van der Waals surface area contributed by atoms with Gasteiger partial charge in [0, 0.05) is 32.7 Å². The molecule has 7 heteroatoms. The molecule has 1 unspecified atom stereocenters. The zero-order valence-corrected chi connectivity index (χ0v) is 15.0. The van der Waals surface area contributed by atoms with Gasteiger partial charge < -0.3 is 15.5 Å². The lowest BCUT2D eigenvalue weighted by molar-refractivity contribution is 0.576. The summed E-state index contributed by atoms with van der Waals surface area (Å²) in [4.78, 5) is 5.98. The van der Waals surface area contributed by atoms with Crippen molar-refractivity contribution in [3.63, 3.8) is 0 Å². The molecule has 1 atom stereocenters. The van der Waals surface area contributed by atoms with Gasteiger partial charge in [-0.25, -0.2) is 8.78 Å². The van der Waals surface area contributed by atoms with Crippen LogP contribution in [0.4, 0.5) is 14.5 Å². The largest absolute Gasteiger partial charge is 0.365 e. The first-order chi connectivity index (χ1) is 12.2. The minimum Gasteiger partial charge on any atom is -0.365 e. The zero-order chi connectivity index (χ0) is 17.6. The van der Waals surface area contributed by atoms with Gasteiger partial charge in [0.2, 0.25) is 0 Å². The summed E-state index contributed by atoms with van der Waals surface area (Å²) < 4.78 is 27.8. The first-order valence-electron chi connectivity index (χ1n) is 8.34. The maximum Gasteiger partial charge on any atom is 0.191 e. The normalized spacial score (nSPS) is 17.8. The molecule has 3 rings (SSSR count). The summed E-state index contributed by atoms with van der Waals surface area (Å²) in [6.07, 6.45) is 1.74. The van der Waals surface area contributed by atoms with Gasteiger partial charge in [0.05, 0.1) is 0 Å². The van der Waals surface area contributed by atoms with Crippen LogP contribution < -0.4 is 15.5 Å². The van der Waals surface area contributed by atoms with Crippen LogP contribution in [0.2, 0.25) is 0 Å². The number of benzene rings is 1. The van der Waals surface area contributed by atoms with Crippen LogP contribution in [-0.2, 0) is 6.42 Å². The second-order valence-corrected chi connectivity index (χ2v) is 6.81. The van der Waals surface area contributed by atoms with Crippen molar-refractivity contribution in [2.24, 2.45) is 4.99 Å². The fourth-order valence-electron chi connectivity index (χ4n) is 3.02. The smallest absolute Gasteiger partial charge is 0.191 e. The molecule has 2 N–H and O–H groups in total. The van der Waals surface area contributed by atoms with Gasteiger partial charge in [0.1, 0.15) is 17.3 Å². The highest BCUT2D eigenvalue weighted by molar-refractivity contribution is 7.07. The summed E-state index contributed by atoms with van der Waals surface area (Å²) in [5.74, 6) is -0.311. The maximum absolute atomic E-state index is 13.9. The Hall–Kier alpha value is -2.15. The fourth-order valence-corrected chi connectivity index (χ4v) is 3.72. The number of halogens is 2. The van der Waals surface area contributed by atoms with E-state index in [1.165, 1.54) is 23.8 Å². The number of aliphatic imine (C=N–C) groups is 1. The Labute approximate surface area is 150 Å². The van der Waals surface area contributed by atoms with Crippen molar-refractivity contribution in [1.82, 2.24) is 10.6 Å². The van der Waals surface area contributed by atoms with Gasteiger partial charge in [-0.2, -0.15) is 11.3 Å². The molecular weight excluding hydrogens is 342 g/mol. The molecule has 0 radical (unpaired) electrons. The highest BCUT2D eigenvalue weighted by Gasteiger charge is 2.27. The van der Waals surface area contributed by atoms with Gasteiger partial charge in [-0.3, -0.25) is 4.99 Å². The molecule has 0 spiro atoms. The summed E-state index contributed by atoms with van der Waals surface area (Å²) in [5.41, 5.74) is 1.36. The van der Waals surface area contributed by atoms with Crippen molar-refractivity contribution >= 4 is 23.0 Å². The molecular formula is C18H22F2N4S. The Morgan fingerprint density at radius 1 is 1.32 bits per heavy atom. The molecule has 1 fully saturated rings. The van der Waals surface area contributed by atoms with Crippen LogP contribution in [0, 0.1) is 11.6 Å². The number of nitrogens with zero attached hydrogens (tertiary/aromatic N) is 2. The van der Waals surface area contributed by atoms with Gasteiger partial charge in [-0.15, -0.1) is 0 Å². The number of anilines is 1. The Balaban J connectivity index is 1.51. The van der Waals surface area contributed by atoms with E-state index in [9.17, 15) is 8.78 Å². The predicted octanol–water partition coefficient (Wildman–Crippen LogP) is 3.01. The van der Waals surface area contributed by atoms with Crippen LogP contribution in [0.3, 0.4) is 0 Å². The van der Waals surface area contributed by atoms with Crippen molar-refractivity contribution in [2.75, 3.05) is 31.6 Å². The van der Waals surface area contributed by atoms with Crippen molar-refractivity contribution in [3.8, 4) is 0 Å². The number of hydrogen-bond donors (Lipinski definition) is 2. The SMILES string of the molecule is CN=C(NCCc1ccsc1)NC1CCN(c2c(F)cccc2F)C1.